The van der Waals surface area contributed by atoms with Crippen LogP contribution in [0.15, 0.2) is 54.9 Å². The van der Waals surface area contributed by atoms with Crippen molar-refractivity contribution in [3.05, 3.63) is 59.9 Å². The number of likely N-dealkylation sites (tertiary alicyclic amines) is 1. The molecular formula is C23H24ClN5O. The Labute approximate surface area is 181 Å². The zero-order chi connectivity index (χ0) is 20.9. The van der Waals surface area contributed by atoms with Crippen LogP contribution in [-0.4, -0.2) is 45.4 Å². The largest absolute Gasteiger partial charge is 0.370 e. The van der Waals surface area contributed by atoms with E-state index < -0.39 is 0 Å². The lowest BCUT2D eigenvalue weighted by Crippen LogP contribution is -2.38. The number of nitrogens with one attached hydrogen (secondary N) is 1. The number of aromatic nitrogens is 3. The number of carbonyl (C=O) groups excluding carboxylic acids is 1. The van der Waals surface area contributed by atoms with Gasteiger partial charge in [-0.1, -0.05) is 23.7 Å². The van der Waals surface area contributed by atoms with E-state index in [1.165, 1.54) is 0 Å². The van der Waals surface area contributed by atoms with E-state index in [1.807, 2.05) is 47.4 Å². The van der Waals surface area contributed by atoms with E-state index in [-0.39, 0.29) is 5.91 Å². The number of hydrogen-bond donors (Lipinski definition) is 1. The van der Waals surface area contributed by atoms with Crippen LogP contribution in [0, 0.1) is 5.92 Å². The molecule has 0 unspecified atom stereocenters. The average Bonchev–Trinajstić information content (AvgIpc) is 2.79. The van der Waals surface area contributed by atoms with E-state index in [0.717, 1.165) is 55.1 Å². The number of carbonyl (C=O) groups is 1. The summed E-state index contributed by atoms with van der Waals surface area (Å²) in [5.74, 6) is 2.08. The van der Waals surface area contributed by atoms with E-state index in [9.17, 15) is 4.79 Å². The van der Waals surface area contributed by atoms with Crippen molar-refractivity contribution in [1.82, 2.24) is 19.9 Å². The highest BCUT2D eigenvalue weighted by Gasteiger charge is 2.20. The fourth-order valence-corrected chi connectivity index (χ4v) is 3.76. The highest BCUT2D eigenvalue weighted by molar-refractivity contribution is 6.30. The van der Waals surface area contributed by atoms with Crippen LogP contribution in [-0.2, 0) is 4.79 Å². The molecule has 1 aromatic carbocycles. The fraction of sp³-hybridized carbons (Fsp3) is 0.304. The number of rotatable bonds is 5. The molecule has 0 aliphatic carbocycles. The quantitative estimate of drug-likeness (QED) is 0.655. The Kier molecular flexibility index (Phi) is 6.23. The molecule has 6 nitrogen and oxygen atoms in total. The van der Waals surface area contributed by atoms with Gasteiger partial charge in [0.15, 0.2) is 5.82 Å². The summed E-state index contributed by atoms with van der Waals surface area (Å²) in [6.07, 6.45) is 5.50. The first-order valence-corrected chi connectivity index (χ1v) is 10.5. The number of hydrogen-bond acceptors (Lipinski definition) is 5. The Morgan fingerprint density at radius 2 is 1.90 bits per heavy atom. The molecule has 1 saturated heterocycles. The summed E-state index contributed by atoms with van der Waals surface area (Å²) in [7, 11) is 0. The Morgan fingerprint density at radius 1 is 1.13 bits per heavy atom. The summed E-state index contributed by atoms with van der Waals surface area (Å²) in [6, 6.07) is 13.4. The van der Waals surface area contributed by atoms with Gasteiger partial charge in [-0.15, -0.1) is 0 Å². The molecule has 2 aromatic heterocycles. The summed E-state index contributed by atoms with van der Waals surface area (Å²) in [5, 5.41) is 4.18. The first-order chi connectivity index (χ1) is 14.6. The van der Waals surface area contributed by atoms with Crippen molar-refractivity contribution in [3.8, 4) is 22.6 Å². The van der Waals surface area contributed by atoms with E-state index in [4.69, 9.17) is 21.6 Å². The van der Waals surface area contributed by atoms with Crippen molar-refractivity contribution in [2.45, 2.75) is 19.8 Å². The second-order valence-corrected chi connectivity index (χ2v) is 7.98. The lowest BCUT2D eigenvalue weighted by molar-refractivity contribution is -0.130. The molecule has 0 radical (unpaired) electrons. The lowest BCUT2D eigenvalue weighted by atomic mass is 9.97. The molecule has 3 aromatic rings. The van der Waals surface area contributed by atoms with Gasteiger partial charge in [-0.3, -0.25) is 9.78 Å². The van der Waals surface area contributed by atoms with Crippen molar-refractivity contribution in [3.63, 3.8) is 0 Å². The highest BCUT2D eigenvalue weighted by Crippen LogP contribution is 2.26. The van der Waals surface area contributed by atoms with Gasteiger partial charge in [-0.2, -0.15) is 0 Å². The summed E-state index contributed by atoms with van der Waals surface area (Å²) in [6.45, 7) is 4.10. The minimum absolute atomic E-state index is 0.158. The van der Waals surface area contributed by atoms with Crippen LogP contribution in [0.4, 0.5) is 5.82 Å². The van der Waals surface area contributed by atoms with Gasteiger partial charge in [0.1, 0.15) is 5.82 Å². The zero-order valence-electron chi connectivity index (χ0n) is 16.9. The van der Waals surface area contributed by atoms with Crippen LogP contribution in [0.5, 0.6) is 0 Å². The molecule has 30 heavy (non-hydrogen) atoms. The molecule has 0 bridgehead atoms. The second kappa shape index (κ2) is 9.22. The van der Waals surface area contributed by atoms with Crippen molar-refractivity contribution in [1.29, 1.82) is 0 Å². The molecule has 0 saturated carbocycles. The monoisotopic (exact) mass is 421 g/mol. The Bertz CT molecular complexity index is 1000. The number of anilines is 1. The van der Waals surface area contributed by atoms with Crippen molar-refractivity contribution in [2.24, 2.45) is 5.92 Å². The van der Waals surface area contributed by atoms with Gasteiger partial charge in [-0.25, -0.2) is 9.97 Å². The molecule has 7 heteroatoms. The summed E-state index contributed by atoms with van der Waals surface area (Å²) in [5.41, 5.74) is 2.67. The number of halogens is 1. The summed E-state index contributed by atoms with van der Waals surface area (Å²) >= 11 is 6.05. The minimum atomic E-state index is 0.158. The van der Waals surface area contributed by atoms with Gasteiger partial charge < -0.3 is 10.2 Å². The molecule has 154 valence electrons. The maximum absolute atomic E-state index is 11.5. The van der Waals surface area contributed by atoms with E-state index in [1.54, 1.807) is 19.3 Å². The Hall–Kier alpha value is -2.99. The molecule has 4 rings (SSSR count). The van der Waals surface area contributed by atoms with Crippen molar-refractivity contribution < 1.29 is 4.79 Å². The first-order valence-electron chi connectivity index (χ1n) is 10.1. The first kappa shape index (κ1) is 20.3. The van der Waals surface area contributed by atoms with E-state index in [2.05, 4.69) is 10.3 Å². The summed E-state index contributed by atoms with van der Waals surface area (Å²) < 4.78 is 0. The number of benzene rings is 1. The molecule has 0 atom stereocenters. The molecule has 1 N–H and O–H groups in total. The van der Waals surface area contributed by atoms with Gasteiger partial charge in [0.2, 0.25) is 5.91 Å². The predicted octanol–water partition coefficient (Wildman–Crippen LogP) is 4.53. The smallest absolute Gasteiger partial charge is 0.219 e. The van der Waals surface area contributed by atoms with Gasteiger partial charge in [0.05, 0.1) is 5.69 Å². The van der Waals surface area contributed by atoms with Gasteiger partial charge >= 0.3 is 0 Å². The highest BCUT2D eigenvalue weighted by atomic mass is 35.5. The maximum Gasteiger partial charge on any atom is 0.219 e. The minimum Gasteiger partial charge on any atom is -0.370 e. The van der Waals surface area contributed by atoms with Crippen LogP contribution < -0.4 is 5.32 Å². The normalized spacial score (nSPS) is 14.5. The van der Waals surface area contributed by atoms with Crippen LogP contribution in [0.2, 0.25) is 5.02 Å². The number of nitrogens with zero attached hydrogens (tertiary/aromatic N) is 4. The standard InChI is InChI=1S/C23H24ClN5O/c1-16(30)29-11-8-17(9-12-29)14-26-22-13-21(18-4-6-20(24)7-5-18)27-23(28-22)19-3-2-10-25-15-19/h2-7,10,13,15,17H,8-9,11-12,14H2,1H3,(H,26,27,28). The molecule has 1 fully saturated rings. The average molecular weight is 422 g/mol. The van der Waals surface area contributed by atoms with E-state index >= 15 is 0 Å². The molecule has 1 amide bonds. The molecule has 1 aliphatic heterocycles. The predicted molar refractivity (Wildman–Crippen MR) is 119 cm³/mol. The lowest BCUT2D eigenvalue weighted by Gasteiger charge is -2.31. The maximum atomic E-state index is 11.5. The van der Waals surface area contributed by atoms with Crippen molar-refractivity contribution >= 4 is 23.3 Å². The zero-order valence-corrected chi connectivity index (χ0v) is 17.6. The third-order valence-electron chi connectivity index (χ3n) is 5.42. The molecular weight excluding hydrogens is 398 g/mol. The van der Waals surface area contributed by atoms with Crippen molar-refractivity contribution in [2.75, 3.05) is 25.0 Å². The molecule has 1 aliphatic rings. The van der Waals surface area contributed by atoms with Crippen LogP contribution in [0.1, 0.15) is 19.8 Å². The summed E-state index contributed by atoms with van der Waals surface area (Å²) in [4.78, 5) is 27.1. The van der Waals surface area contributed by atoms with Gasteiger partial charge in [-0.05, 0) is 43.0 Å². The van der Waals surface area contributed by atoms with Crippen LogP contribution in [0.3, 0.4) is 0 Å². The second-order valence-electron chi connectivity index (χ2n) is 7.54. The Morgan fingerprint density at radius 3 is 2.57 bits per heavy atom. The SMILES string of the molecule is CC(=O)N1CCC(CNc2cc(-c3ccc(Cl)cc3)nc(-c3cccnc3)n2)CC1. The van der Waals surface area contributed by atoms with E-state index in [0.29, 0.717) is 16.8 Å². The third kappa shape index (κ3) is 4.94. The van der Waals surface area contributed by atoms with Gasteiger partial charge in [0.25, 0.3) is 0 Å². The number of pyridine rings is 1. The number of piperidine rings is 1. The topological polar surface area (TPSA) is 71.0 Å². The van der Waals surface area contributed by atoms with Gasteiger partial charge in [0, 0.05) is 61.2 Å². The number of amides is 1. The molecule has 0 spiro atoms. The Balaban J connectivity index is 1.55. The third-order valence-corrected chi connectivity index (χ3v) is 5.67. The van der Waals surface area contributed by atoms with Crippen LogP contribution in [0.25, 0.3) is 22.6 Å². The van der Waals surface area contributed by atoms with Crippen LogP contribution >= 0.6 is 11.6 Å². The molecule has 3 heterocycles. The fourth-order valence-electron chi connectivity index (χ4n) is 3.63.